The molecule has 26 heavy (non-hydrogen) atoms. The van der Waals surface area contributed by atoms with Gasteiger partial charge in [-0.3, -0.25) is 0 Å². The Morgan fingerprint density at radius 1 is 1.12 bits per heavy atom. The van der Waals surface area contributed by atoms with Gasteiger partial charge in [0.2, 0.25) is 10.0 Å². The first-order chi connectivity index (χ1) is 12.4. The highest BCUT2D eigenvalue weighted by atomic mass is 32.2. The average molecular weight is 375 g/mol. The fraction of sp³-hybridized carbons (Fsp3) is 0.400. The second kappa shape index (κ2) is 7.68. The second-order valence-electron chi connectivity index (χ2n) is 6.90. The fourth-order valence-corrected chi connectivity index (χ4v) is 4.34. The van der Waals surface area contributed by atoms with Gasteiger partial charge in [-0.1, -0.05) is 6.07 Å². The van der Waals surface area contributed by atoms with Crippen molar-refractivity contribution in [1.82, 2.24) is 4.72 Å². The third-order valence-corrected chi connectivity index (χ3v) is 6.51. The number of ether oxygens (including phenoxy) is 1. The summed E-state index contributed by atoms with van der Waals surface area (Å²) >= 11 is 0. The maximum atomic E-state index is 12.5. The Hall–Kier alpha value is -2.05. The quantitative estimate of drug-likeness (QED) is 0.844. The molecule has 1 N–H and O–H groups in total. The third kappa shape index (κ3) is 4.19. The molecule has 1 saturated heterocycles. The first kappa shape index (κ1) is 18.7. The van der Waals surface area contributed by atoms with Crippen LogP contribution in [0.3, 0.4) is 0 Å². The predicted octanol–water partition coefficient (Wildman–Crippen LogP) is 3.12. The van der Waals surface area contributed by atoms with E-state index in [-0.39, 0.29) is 4.90 Å². The molecule has 3 rings (SSSR count). The molecule has 1 heterocycles. The number of anilines is 1. The van der Waals surface area contributed by atoms with Crippen molar-refractivity contribution in [3.63, 3.8) is 0 Å². The van der Waals surface area contributed by atoms with Crippen molar-refractivity contribution < 1.29 is 13.2 Å². The normalized spacial score (nSPS) is 17.5. The van der Waals surface area contributed by atoms with Crippen LogP contribution in [0.25, 0.3) is 0 Å². The average Bonchev–Trinajstić information content (AvgIpc) is 3.11. The van der Waals surface area contributed by atoms with Crippen molar-refractivity contribution in [3.05, 3.63) is 53.6 Å². The van der Waals surface area contributed by atoms with Crippen LogP contribution in [0.1, 0.15) is 17.5 Å². The highest BCUT2D eigenvalue weighted by molar-refractivity contribution is 7.89. The topological polar surface area (TPSA) is 58.6 Å². The summed E-state index contributed by atoms with van der Waals surface area (Å²) in [6.07, 6.45) is 0.984. The van der Waals surface area contributed by atoms with Crippen molar-refractivity contribution in [2.45, 2.75) is 25.2 Å². The molecule has 0 aliphatic carbocycles. The van der Waals surface area contributed by atoms with E-state index in [1.54, 1.807) is 31.4 Å². The predicted molar refractivity (Wildman–Crippen MR) is 104 cm³/mol. The molecule has 0 spiro atoms. The summed E-state index contributed by atoms with van der Waals surface area (Å²) in [5.41, 5.74) is 3.79. The zero-order chi connectivity index (χ0) is 18.7. The largest absolute Gasteiger partial charge is 0.497 e. The van der Waals surface area contributed by atoms with E-state index >= 15 is 0 Å². The van der Waals surface area contributed by atoms with Gasteiger partial charge in [0.05, 0.1) is 12.0 Å². The summed E-state index contributed by atoms with van der Waals surface area (Å²) < 4.78 is 32.7. The summed E-state index contributed by atoms with van der Waals surface area (Å²) in [5.74, 6) is 0.952. The highest BCUT2D eigenvalue weighted by Gasteiger charge is 2.25. The molecule has 1 unspecified atom stereocenters. The van der Waals surface area contributed by atoms with Crippen molar-refractivity contribution in [2.75, 3.05) is 31.6 Å². The van der Waals surface area contributed by atoms with E-state index < -0.39 is 10.0 Å². The molecule has 0 saturated carbocycles. The fourth-order valence-electron chi connectivity index (χ4n) is 3.22. The first-order valence-electron chi connectivity index (χ1n) is 8.85. The number of hydrogen-bond donors (Lipinski definition) is 1. The van der Waals surface area contributed by atoms with Crippen LogP contribution in [0.2, 0.25) is 0 Å². The molecule has 0 bridgehead atoms. The van der Waals surface area contributed by atoms with Crippen LogP contribution in [0.5, 0.6) is 5.75 Å². The molecule has 1 aliphatic rings. The summed E-state index contributed by atoms with van der Waals surface area (Å²) in [6, 6.07) is 12.9. The van der Waals surface area contributed by atoms with Gasteiger partial charge >= 0.3 is 0 Å². The van der Waals surface area contributed by atoms with E-state index in [1.165, 1.54) is 16.8 Å². The van der Waals surface area contributed by atoms with E-state index in [9.17, 15) is 8.42 Å². The van der Waals surface area contributed by atoms with Gasteiger partial charge in [0.25, 0.3) is 0 Å². The molecule has 5 nitrogen and oxygen atoms in total. The van der Waals surface area contributed by atoms with Gasteiger partial charge < -0.3 is 9.64 Å². The Kier molecular flexibility index (Phi) is 5.53. The summed E-state index contributed by atoms with van der Waals surface area (Å²) in [4.78, 5) is 2.60. The van der Waals surface area contributed by atoms with Crippen molar-refractivity contribution >= 4 is 15.7 Å². The van der Waals surface area contributed by atoms with Gasteiger partial charge in [0.1, 0.15) is 5.75 Å². The molecular weight excluding hydrogens is 348 g/mol. The number of methoxy groups -OCH3 is 1. The summed E-state index contributed by atoms with van der Waals surface area (Å²) in [7, 11) is -1.93. The third-order valence-electron chi connectivity index (χ3n) is 5.07. The molecule has 0 radical (unpaired) electrons. The van der Waals surface area contributed by atoms with Crippen LogP contribution >= 0.6 is 0 Å². The molecule has 2 aromatic rings. The maximum absolute atomic E-state index is 12.5. The second-order valence-corrected chi connectivity index (χ2v) is 8.66. The Morgan fingerprint density at radius 2 is 1.85 bits per heavy atom. The number of nitrogens with zero attached hydrogens (tertiary/aromatic N) is 1. The van der Waals surface area contributed by atoms with Gasteiger partial charge in [0, 0.05) is 25.3 Å². The Labute approximate surface area is 156 Å². The number of hydrogen-bond acceptors (Lipinski definition) is 4. The van der Waals surface area contributed by atoms with E-state index in [1.807, 2.05) is 0 Å². The van der Waals surface area contributed by atoms with Crippen LogP contribution in [0.15, 0.2) is 47.4 Å². The molecule has 140 valence electrons. The molecule has 0 amide bonds. The minimum atomic E-state index is -3.49. The van der Waals surface area contributed by atoms with E-state index in [0.29, 0.717) is 18.2 Å². The first-order valence-corrected chi connectivity index (χ1v) is 10.3. The number of benzene rings is 2. The number of sulfonamides is 1. The lowest BCUT2D eigenvalue weighted by atomic mass is 10.1. The maximum Gasteiger partial charge on any atom is 0.240 e. The highest BCUT2D eigenvalue weighted by Crippen LogP contribution is 2.26. The van der Waals surface area contributed by atoms with E-state index in [2.05, 4.69) is 41.7 Å². The summed E-state index contributed by atoms with van der Waals surface area (Å²) in [5, 5.41) is 0. The zero-order valence-electron chi connectivity index (χ0n) is 15.5. The lowest BCUT2D eigenvalue weighted by molar-refractivity contribution is 0.414. The van der Waals surface area contributed by atoms with Crippen molar-refractivity contribution in [2.24, 2.45) is 5.92 Å². The van der Waals surface area contributed by atoms with Crippen LogP contribution < -0.4 is 14.4 Å². The smallest absolute Gasteiger partial charge is 0.240 e. The number of rotatable bonds is 6. The van der Waals surface area contributed by atoms with E-state index in [0.717, 1.165) is 19.5 Å². The van der Waals surface area contributed by atoms with Gasteiger partial charge in [-0.15, -0.1) is 0 Å². The molecular formula is C20H26N2O3S. The molecule has 0 aromatic heterocycles. The standard InChI is InChI=1S/C20H26N2O3S/c1-15-4-5-18(12-16(15)2)22-11-10-17(14-22)13-21-26(23,24)20-8-6-19(25-3)7-9-20/h4-9,12,17,21H,10-11,13-14H2,1-3H3. The molecule has 1 aliphatic heterocycles. The van der Waals surface area contributed by atoms with Crippen LogP contribution in [0.4, 0.5) is 5.69 Å². The molecule has 1 atom stereocenters. The van der Waals surface area contributed by atoms with Crippen LogP contribution in [-0.4, -0.2) is 35.2 Å². The monoisotopic (exact) mass is 374 g/mol. The number of aryl methyl sites for hydroxylation is 2. The van der Waals surface area contributed by atoms with Gasteiger partial charge in [0.15, 0.2) is 0 Å². The van der Waals surface area contributed by atoms with Crippen LogP contribution in [-0.2, 0) is 10.0 Å². The molecule has 6 heteroatoms. The van der Waals surface area contributed by atoms with Crippen molar-refractivity contribution in [1.29, 1.82) is 0 Å². The molecule has 2 aromatic carbocycles. The zero-order valence-corrected chi connectivity index (χ0v) is 16.3. The van der Waals surface area contributed by atoms with Crippen molar-refractivity contribution in [3.8, 4) is 5.75 Å². The minimum absolute atomic E-state index is 0.266. The SMILES string of the molecule is COc1ccc(S(=O)(=O)NCC2CCN(c3ccc(C)c(C)c3)C2)cc1. The van der Waals surface area contributed by atoms with Gasteiger partial charge in [-0.2, -0.15) is 0 Å². The lowest BCUT2D eigenvalue weighted by Gasteiger charge is -2.20. The van der Waals surface area contributed by atoms with Gasteiger partial charge in [-0.05, 0) is 73.7 Å². The summed E-state index contributed by atoms with van der Waals surface area (Å²) in [6.45, 7) is 6.51. The number of nitrogens with one attached hydrogen (secondary N) is 1. The Morgan fingerprint density at radius 3 is 2.50 bits per heavy atom. The van der Waals surface area contributed by atoms with E-state index in [4.69, 9.17) is 4.74 Å². The molecule has 1 fully saturated rings. The van der Waals surface area contributed by atoms with Gasteiger partial charge in [-0.25, -0.2) is 13.1 Å². The van der Waals surface area contributed by atoms with Crippen LogP contribution in [0, 0.1) is 19.8 Å². The Balaban J connectivity index is 1.59. The lowest BCUT2D eigenvalue weighted by Crippen LogP contribution is -2.31. The Bertz CT molecular complexity index is 863. The minimum Gasteiger partial charge on any atom is -0.497 e.